The first-order valence-electron chi connectivity index (χ1n) is 8.09. The van der Waals surface area contributed by atoms with Gasteiger partial charge in [0.15, 0.2) is 0 Å². The number of piperidine rings is 1. The number of hydrogen-bond acceptors (Lipinski definition) is 3. The van der Waals surface area contributed by atoms with Crippen LogP contribution in [0.4, 0.5) is 0 Å². The lowest BCUT2D eigenvalue weighted by atomic mass is 9.97. The van der Waals surface area contributed by atoms with Crippen molar-refractivity contribution in [1.82, 2.24) is 10.2 Å². The summed E-state index contributed by atoms with van der Waals surface area (Å²) in [5.74, 6) is -0.118. The number of amides is 2. The summed E-state index contributed by atoms with van der Waals surface area (Å²) < 4.78 is 0. The first kappa shape index (κ1) is 17.2. The van der Waals surface area contributed by atoms with Gasteiger partial charge in [-0.2, -0.15) is 0 Å². The molecule has 2 unspecified atom stereocenters. The van der Waals surface area contributed by atoms with E-state index in [0.29, 0.717) is 5.56 Å². The highest BCUT2D eigenvalue weighted by atomic mass is 16.2. The summed E-state index contributed by atoms with van der Waals surface area (Å²) in [6.45, 7) is 2.72. The van der Waals surface area contributed by atoms with E-state index in [-0.39, 0.29) is 23.9 Å². The maximum atomic E-state index is 12.4. The van der Waals surface area contributed by atoms with Crippen LogP contribution in [0.15, 0.2) is 30.3 Å². The Morgan fingerprint density at radius 2 is 2.00 bits per heavy atom. The molecule has 1 aromatic rings. The Bertz CT molecular complexity index is 578. The molecular weight excluding hydrogens is 290 g/mol. The minimum Gasteiger partial charge on any atom is -0.355 e. The van der Waals surface area contributed by atoms with Gasteiger partial charge in [0.1, 0.15) is 0 Å². The quantitative estimate of drug-likeness (QED) is 0.832. The van der Waals surface area contributed by atoms with Crippen molar-refractivity contribution < 1.29 is 9.59 Å². The third-order valence-corrected chi connectivity index (χ3v) is 4.26. The topological polar surface area (TPSA) is 75.4 Å². The second kappa shape index (κ2) is 7.92. The van der Waals surface area contributed by atoms with Crippen molar-refractivity contribution in [3.05, 3.63) is 41.5 Å². The molecule has 0 radical (unpaired) electrons. The fraction of sp³-hybridized carbons (Fsp3) is 0.444. The van der Waals surface area contributed by atoms with Crippen LogP contribution in [0.5, 0.6) is 0 Å². The van der Waals surface area contributed by atoms with Gasteiger partial charge in [-0.1, -0.05) is 12.1 Å². The normalized spacial score (nSPS) is 19.6. The molecule has 0 saturated carbocycles. The largest absolute Gasteiger partial charge is 0.355 e. The van der Waals surface area contributed by atoms with E-state index in [2.05, 4.69) is 5.32 Å². The third-order valence-electron chi connectivity index (χ3n) is 4.26. The smallest absolute Gasteiger partial charge is 0.251 e. The van der Waals surface area contributed by atoms with Crippen LogP contribution in [0.1, 0.15) is 42.1 Å². The molecule has 1 aromatic carbocycles. The van der Waals surface area contributed by atoms with E-state index in [1.54, 1.807) is 31.3 Å². The molecular formula is C18H25N3O2. The van der Waals surface area contributed by atoms with Crippen molar-refractivity contribution in [3.8, 4) is 0 Å². The number of hydrogen-bond donors (Lipinski definition) is 2. The van der Waals surface area contributed by atoms with Gasteiger partial charge in [-0.3, -0.25) is 9.59 Å². The number of benzene rings is 1. The maximum Gasteiger partial charge on any atom is 0.251 e. The summed E-state index contributed by atoms with van der Waals surface area (Å²) in [5.41, 5.74) is 7.50. The predicted molar refractivity (Wildman–Crippen MR) is 91.9 cm³/mol. The number of nitrogens with zero attached hydrogens (tertiary/aromatic N) is 1. The lowest BCUT2D eigenvalue weighted by Crippen LogP contribution is -2.51. The lowest BCUT2D eigenvalue weighted by Gasteiger charge is -2.37. The van der Waals surface area contributed by atoms with Gasteiger partial charge in [0.2, 0.25) is 5.91 Å². The molecule has 0 aromatic heterocycles. The molecule has 0 bridgehead atoms. The Balaban J connectivity index is 2.03. The summed E-state index contributed by atoms with van der Waals surface area (Å²) in [6, 6.07) is 7.25. The zero-order chi connectivity index (χ0) is 16.8. The van der Waals surface area contributed by atoms with Gasteiger partial charge in [0, 0.05) is 37.3 Å². The molecule has 2 atom stereocenters. The van der Waals surface area contributed by atoms with Gasteiger partial charge in [-0.15, -0.1) is 0 Å². The third kappa shape index (κ3) is 4.42. The fourth-order valence-electron chi connectivity index (χ4n) is 2.93. The van der Waals surface area contributed by atoms with Crippen LogP contribution in [0.3, 0.4) is 0 Å². The van der Waals surface area contributed by atoms with E-state index in [4.69, 9.17) is 5.73 Å². The molecule has 5 heteroatoms. The zero-order valence-electron chi connectivity index (χ0n) is 13.8. The summed E-state index contributed by atoms with van der Waals surface area (Å²) in [5, 5.41) is 2.58. The minimum atomic E-state index is -0.121. The molecule has 0 spiro atoms. The number of likely N-dealkylation sites (tertiary alicyclic amines) is 1. The van der Waals surface area contributed by atoms with E-state index < -0.39 is 0 Å². The molecule has 124 valence electrons. The van der Waals surface area contributed by atoms with Crippen LogP contribution >= 0.6 is 0 Å². The van der Waals surface area contributed by atoms with E-state index in [0.717, 1.165) is 31.4 Å². The number of nitrogens with one attached hydrogen (secondary N) is 1. The van der Waals surface area contributed by atoms with Crippen LogP contribution in [0, 0.1) is 0 Å². The van der Waals surface area contributed by atoms with Crippen LogP contribution in [0.25, 0.3) is 6.08 Å². The summed E-state index contributed by atoms with van der Waals surface area (Å²) in [7, 11) is 1.60. The molecule has 23 heavy (non-hydrogen) atoms. The maximum absolute atomic E-state index is 12.4. The van der Waals surface area contributed by atoms with Crippen LogP contribution < -0.4 is 11.1 Å². The van der Waals surface area contributed by atoms with E-state index in [1.165, 1.54) is 0 Å². The first-order valence-corrected chi connectivity index (χ1v) is 8.09. The Kier molecular flexibility index (Phi) is 5.93. The number of carbonyl (C=O) groups excluding carboxylic acids is 2. The monoisotopic (exact) mass is 315 g/mol. The average molecular weight is 315 g/mol. The molecule has 0 aliphatic carbocycles. The van der Waals surface area contributed by atoms with Crippen LogP contribution in [-0.2, 0) is 4.79 Å². The molecule has 3 N–H and O–H groups in total. The highest BCUT2D eigenvalue weighted by Gasteiger charge is 2.27. The van der Waals surface area contributed by atoms with Gasteiger partial charge in [0.05, 0.1) is 0 Å². The van der Waals surface area contributed by atoms with E-state index in [9.17, 15) is 9.59 Å². The Hall–Kier alpha value is -2.14. The van der Waals surface area contributed by atoms with Gasteiger partial charge < -0.3 is 16.0 Å². The van der Waals surface area contributed by atoms with Gasteiger partial charge in [-0.25, -0.2) is 0 Å². The van der Waals surface area contributed by atoms with Crippen molar-refractivity contribution in [2.75, 3.05) is 13.6 Å². The Labute approximate surface area is 137 Å². The van der Waals surface area contributed by atoms with Crippen molar-refractivity contribution >= 4 is 17.9 Å². The highest BCUT2D eigenvalue weighted by Crippen LogP contribution is 2.19. The summed E-state index contributed by atoms with van der Waals surface area (Å²) in [6.07, 6.45) is 6.50. The van der Waals surface area contributed by atoms with E-state index >= 15 is 0 Å². The van der Waals surface area contributed by atoms with Crippen molar-refractivity contribution in [3.63, 3.8) is 0 Å². The van der Waals surface area contributed by atoms with Gasteiger partial charge >= 0.3 is 0 Å². The van der Waals surface area contributed by atoms with Gasteiger partial charge in [-0.05, 0) is 50.0 Å². The predicted octanol–water partition coefficient (Wildman–Crippen LogP) is 1.79. The number of nitrogens with two attached hydrogens (primary N) is 1. The molecule has 2 rings (SSSR count). The molecule has 1 heterocycles. The molecule has 1 saturated heterocycles. The second-order valence-electron chi connectivity index (χ2n) is 5.99. The zero-order valence-corrected chi connectivity index (χ0v) is 13.8. The lowest BCUT2D eigenvalue weighted by molar-refractivity contribution is -0.129. The van der Waals surface area contributed by atoms with Gasteiger partial charge in [0.25, 0.3) is 5.91 Å². The summed E-state index contributed by atoms with van der Waals surface area (Å²) >= 11 is 0. The van der Waals surface area contributed by atoms with Crippen LogP contribution in [-0.4, -0.2) is 42.4 Å². The Morgan fingerprint density at radius 1 is 1.30 bits per heavy atom. The molecule has 1 fully saturated rings. The van der Waals surface area contributed by atoms with E-state index in [1.807, 2.05) is 24.0 Å². The molecule has 2 amide bonds. The number of carbonyl (C=O) groups is 2. The van der Waals surface area contributed by atoms with Crippen LogP contribution in [0.2, 0.25) is 0 Å². The highest BCUT2D eigenvalue weighted by molar-refractivity contribution is 5.95. The average Bonchev–Trinajstić information content (AvgIpc) is 2.59. The molecule has 5 nitrogen and oxygen atoms in total. The van der Waals surface area contributed by atoms with Crippen molar-refractivity contribution in [1.29, 1.82) is 0 Å². The second-order valence-corrected chi connectivity index (χ2v) is 5.99. The molecule has 1 aliphatic heterocycles. The SMILES string of the molecule is CNC(=O)c1ccc(/C=C/C(=O)N2CCCCC2C(C)N)cc1. The standard InChI is InChI=1S/C18H25N3O2/c1-13(19)16-5-3-4-12-21(16)17(22)11-8-14-6-9-15(10-7-14)18(23)20-2/h6-11,13,16H,3-5,12,19H2,1-2H3,(H,20,23)/b11-8+. The minimum absolute atomic E-state index is 0.00220. The number of rotatable bonds is 4. The fourth-order valence-corrected chi connectivity index (χ4v) is 2.93. The van der Waals surface area contributed by atoms with Crippen molar-refractivity contribution in [2.45, 2.75) is 38.3 Å². The molecule has 1 aliphatic rings. The first-order chi connectivity index (χ1) is 11.0. The van der Waals surface area contributed by atoms with Crippen molar-refractivity contribution in [2.24, 2.45) is 5.73 Å². The Morgan fingerprint density at radius 3 is 2.61 bits per heavy atom. The summed E-state index contributed by atoms with van der Waals surface area (Å²) in [4.78, 5) is 25.8.